The molecule has 0 saturated carbocycles. The highest BCUT2D eigenvalue weighted by atomic mass is 19.1. The van der Waals surface area contributed by atoms with Gasteiger partial charge in [-0.15, -0.1) is 0 Å². The molecule has 1 amide bonds. The number of hydrogen-bond donors (Lipinski definition) is 1. The monoisotopic (exact) mass is 268 g/mol. The van der Waals surface area contributed by atoms with Crippen molar-refractivity contribution in [2.75, 3.05) is 13.1 Å². The van der Waals surface area contributed by atoms with Gasteiger partial charge in [-0.1, -0.05) is 6.07 Å². The molecule has 104 valence electrons. The molecule has 0 bridgehead atoms. The zero-order valence-corrected chi connectivity index (χ0v) is 10.7. The van der Waals surface area contributed by atoms with Gasteiger partial charge in [0.05, 0.1) is 6.42 Å². The van der Waals surface area contributed by atoms with Gasteiger partial charge in [-0.25, -0.2) is 8.78 Å². The molecular formula is C14H18F2N2O. The highest BCUT2D eigenvalue weighted by Crippen LogP contribution is 2.18. The van der Waals surface area contributed by atoms with Crippen molar-refractivity contribution < 1.29 is 13.6 Å². The third kappa shape index (κ3) is 3.29. The van der Waals surface area contributed by atoms with Crippen LogP contribution >= 0.6 is 0 Å². The molecule has 1 aromatic rings. The van der Waals surface area contributed by atoms with E-state index in [1.54, 1.807) is 4.90 Å². The SMILES string of the molecule is NC[C@@H]1CCCCN1C(=O)Cc1ccc(F)cc1F. The molecule has 3 nitrogen and oxygen atoms in total. The van der Waals surface area contributed by atoms with Gasteiger partial charge in [0.15, 0.2) is 0 Å². The first-order valence-corrected chi connectivity index (χ1v) is 6.55. The summed E-state index contributed by atoms with van der Waals surface area (Å²) in [5, 5.41) is 0. The van der Waals surface area contributed by atoms with Crippen LogP contribution in [-0.4, -0.2) is 29.9 Å². The van der Waals surface area contributed by atoms with E-state index >= 15 is 0 Å². The van der Waals surface area contributed by atoms with Crippen LogP contribution in [0, 0.1) is 11.6 Å². The summed E-state index contributed by atoms with van der Waals surface area (Å²) in [6.45, 7) is 1.10. The van der Waals surface area contributed by atoms with Crippen LogP contribution in [0.1, 0.15) is 24.8 Å². The molecule has 5 heteroatoms. The van der Waals surface area contributed by atoms with E-state index in [0.717, 1.165) is 25.3 Å². The van der Waals surface area contributed by atoms with Crippen molar-refractivity contribution in [1.82, 2.24) is 4.90 Å². The van der Waals surface area contributed by atoms with E-state index in [1.165, 1.54) is 12.1 Å². The van der Waals surface area contributed by atoms with Crippen LogP contribution in [0.15, 0.2) is 18.2 Å². The Labute approximate surface area is 111 Å². The predicted octanol–water partition coefficient (Wildman–Crippen LogP) is 1.85. The summed E-state index contributed by atoms with van der Waals surface area (Å²) in [7, 11) is 0. The minimum Gasteiger partial charge on any atom is -0.338 e. The second-order valence-electron chi connectivity index (χ2n) is 4.88. The Bertz CT molecular complexity index is 465. The van der Waals surface area contributed by atoms with Crippen LogP contribution in [0.5, 0.6) is 0 Å². The molecule has 1 aliphatic heterocycles. The van der Waals surface area contributed by atoms with Crippen molar-refractivity contribution in [2.45, 2.75) is 31.7 Å². The van der Waals surface area contributed by atoms with Gasteiger partial charge in [-0.3, -0.25) is 4.79 Å². The molecule has 0 radical (unpaired) electrons. The summed E-state index contributed by atoms with van der Waals surface area (Å²) in [6.07, 6.45) is 2.88. The number of halogens is 2. The summed E-state index contributed by atoms with van der Waals surface area (Å²) in [5.41, 5.74) is 5.89. The van der Waals surface area contributed by atoms with E-state index in [9.17, 15) is 13.6 Å². The lowest BCUT2D eigenvalue weighted by atomic mass is 10.0. The first-order chi connectivity index (χ1) is 9.11. The minimum absolute atomic E-state index is 0.0391. The molecule has 2 rings (SSSR count). The molecule has 1 atom stereocenters. The standard InChI is InChI=1S/C14H18F2N2O/c15-11-5-4-10(13(16)8-11)7-14(19)18-6-2-1-3-12(18)9-17/h4-5,8,12H,1-3,6-7,9,17H2/t12-/m0/s1. The maximum atomic E-state index is 13.5. The summed E-state index contributed by atoms with van der Waals surface area (Å²) >= 11 is 0. The number of carbonyl (C=O) groups is 1. The largest absolute Gasteiger partial charge is 0.338 e. The lowest BCUT2D eigenvalue weighted by molar-refractivity contribution is -0.133. The maximum Gasteiger partial charge on any atom is 0.227 e. The van der Waals surface area contributed by atoms with E-state index < -0.39 is 11.6 Å². The number of amides is 1. The average Bonchev–Trinajstić information content (AvgIpc) is 2.41. The predicted molar refractivity (Wildman–Crippen MR) is 68.5 cm³/mol. The van der Waals surface area contributed by atoms with Gasteiger partial charge in [0.1, 0.15) is 11.6 Å². The lowest BCUT2D eigenvalue weighted by Crippen LogP contribution is -2.48. The number of rotatable bonds is 3. The molecule has 1 aromatic carbocycles. The molecule has 0 unspecified atom stereocenters. The van der Waals surface area contributed by atoms with E-state index in [-0.39, 0.29) is 23.9 Å². The van der Waals surface area contributed by atoms with Crippen LogP contribution in [0.3, 0.4) is 0 Å². The number of piperidine rings is 1. The molecule has 1 heterocycles. The van der Waals surface area contributed by atoms with Crippen LogP contribution in [0.4, 0.5) is 8.78 Å². The molecule has 2 N–H and O–H groups in total. The van der Waals surface area contributed by atoms with Gasteiger partial charge < -0.3 is 10.6 Å². The van der Waals surface area contributed by atoms with Gasteiger partial charge in [0.2, 0.25) is 5.91 Å². The second-order valence-corrected chi connectivity index (χ2v) is 4.88. The Morgan fingerprint density at radius 2 is 2.16 bits per heavy atom. The van der Waals surface area contributed by atoms with Crippen LogP contribution in [0.25, 0.3) is 0 Å². The van der Waals surface area contributed by atoms with Gasteiger partial charge in [0, 0.05) is 25.2 Å². The normalized spacial score (nSPS) is 19.5. The summed E-state index contributed by atoms with van der Waals surface area (Å²) in [5.74, 6) is -1.44. The van der Waals surface area contributed by atoms with Gasteiger partial charge >= 0.3 is 0 Å². The van der Waals surface area contributed by atoms with E-state index in [1.807, 2.05) is 0 Å². The smallest absolute Gasteiger partial charge is 0.227 e. The summed E-state index contributed by atoms with van der Waals surface area (Å²) in [6, 6.07) is 3.34. The molecule has 1 fully saturated rings. The Kier molecular flexibility index (Phi) is 4.47. The minimum atomic E-state index is -0.672. The topological polar surface area (TPSA) is 46.3 Å². The zero-order valence-electron chi connectivity index (χ0n) is 10.7. The molecular weight excluding hydrogens is 250 g/mol. The average molecular weight is 268 g/mol. The quantitative estimate of drug-likeness (QED) is 0.909. The second kappa shape index (κ2) is 6.10. The van der Waals surface area contributed by atoms with Gasteiger partial charge in [-0.05, 0) is 30.9 Å². The number of likely N-dealkylation sites (tertiary alicyclic amines) is 1. The number of benzene rings is 1. The van der Waals surface area contributed by atoms with Gasteiger partial charge in [0.25, 0.3) is 0 Å². The first kappa shape index (κ1) is 13.9. The number of hydrogen-bond acceptors (Lipinski definition) is 2. The highest BCUT2D eigenvalue weighted by Gasteiger charge is 2.25. The van der Waals surface area contributed by atoms with Crippen LogP contribution < -0.4 is 5.73 Å². The molecule has 0 aromatic heterocycles. The highest BCUT2D eigenvalue weighted by molar-refractivity contribution is 5.79. The zero-order chi connectivity index (χ0) is 13.8. The Balaban J connectivity index is 2.07. The maximum absolute atomic E-state index is 13.5. The molecule has 19 heavy (non-hydrogen) atoms. The fraction of sp³-hybridized carbons (Fsp3) is 0.500. The number of carbonyl (C=O) groups excluding carboxylic acids is 1. The third-order valence-electron chi connectivity index (χ3n) is 3.58. The first-order valence-electron chi connectivity index (χ1n) is 6.55. The fourth-order valence-electron chi connectivity index (χ4n) is 2.50. The third-order valence-corrected chi connectivity index (χ3v) is 3.58. The van der Waals surface area contributed by atoms with Crippen molar-refractivity contribution in [3.05, 3.63) is 35.4 Å². The number of nitrogens with zero attached hydrogens (tertiary/aromatic N) is 1. The van der Waals surface area contributed by atoms with Gasteiger partial charge in [-0.2, -0.15) is 0 Å². The Hall–Kier alpha value is -1.49. The van der Waals surface area contributed by atoms with Crippen molar-refractivity contribution in [1.29, 1.82) is 0 Å². The molecule has 0 spiro atoms. The van der Waals surface area contributed by atoms with E-state index in [4.69, 9.17) is 5.73 Å². The Morgan fingerprint density at radius 3 is 2.84 bits per heavy atom. The Morgan fingerprint density at radius 1 is 1.37 bits per heavy atom. The van der Waals surface area contributed by atoms with Crippen molar-refractivity contribution >= 4 is 5.91 Å². The summed E-state index contributed by atoms with van der Waals surface area (Å²) in [4.78, 5) is 13.9. The summed E-state index contributed by atoms with van der Waals surface area (Å²) < 4.78 is 26.3. The number of nitrogens with two attached hydrogens (primary N) is 1. The molecule has 0 aliphatic carbocycles. The van der Waals surface area contributed by atoms with Crippen molar-refractivity contribution in [3.63, 3.8) is 0 Å². The van der Waals surface area contributed by atoms with Crippen LogP contribution in [0.2, 0.25) is 0 Å². The van der Waals surface area contributed by atoms with Crippen molar-refractivity contribution in [3.8, 4) is 0 Å². The van der Waals surface area contributed by atoms with Crippen molar-refractivity contribution in [2.24, 2.45) is 5.73 Å². The van der Waals surface area contributed by atoms with E-state index in [2.05, 4.69) is 0 Å². The van der Waals surface area contributed by atoms with Crippen LogP contribution in [-0.2, 0) is 11.2 Å². The van der Waals surface area contributed by atoms with E-state index in [0.29, 0.717) is 13.1 Å². The lowest BCUT2D eigenvalue weighted by Gasteiger charge is -2.35. The molecule has 1 aliphatic rings. The molecule has 1 saturated heterocycles. The fourth-order valence-corrected chi connectivity index (χ4v) is 2.50.